The number of urea groups is 1. The Morgan fingerprint density at radius 2 is 1.63 bits per heavy atom. The van der Waals surface area contributed by atoms with E-state index in [1.807, 2.05) is 36.4 Å². The van der Waals surface area contributed by atoms with E-state index in [2.05, 4.69) is 5.32 Å². The lowest BCUT2D eigenvalue weighted by Gasteiger charge is -2.18. The Kier molecular flexibility index (Phi) is 7.79. The Balaban J connectivity index is 1.93. The van der Waals surface area contributed by atoms with Crippen molar-refractivity contribution < 1.29 is 14.3 Å². The molecule has 3 amide bonds. The first-order valence-corrected chi connectivity index (χ1v) is 8.70. The van der Waals surface area contributed by atoms with Gasteiger partial charge in [0.05, 0.1) is 6.61 Å². The minimum Gasteiger partial charge on any atom is -0.450 e. The number of rotatable bonds is 7. The standard InChI is InChI=1S/C19H21B2N3O3/c1-2-3-12-27-19(26)24(21)17-10-6-15(7-11-17)13-14-4-8-16(9-5-14)22-18(25)23-20/h4-11H,2-3,12-13H2,1H3,(H2,22,23,25). The lowest BCUT2D eigenvalue weighted by Crippen LogP contribution is -2.28. The molecule has 0 saturated carbocycles. The van der Waals surface area contributed by atoms with Crippen LogP contribution in [0.15, 0.2) is 48.5 Å². The second-order valence-electron chi connectivity index (χ2n) is 5.98. The number of hydrogen-bond donors (Lipinski definition) is 2. The van der Waals surface area contributed by atoms with Crippen molar-refractivity contribution in [3.63, 3.8) is 0 Å². The van der Waals surface area contributed by atoms with Gasteiger partial charge < -0.3 is 20.1 Å². The molecule has 2 rings (SSSR count). The SMILES string of the molecule is [B]NC(=O)Nc1ccc(Cc2ccc(N([B])C(=O)OCCCC)cc2)cc1. The second-order valence-corrected chi connectivity index (χ2v) is 5.98. The van der Waals surface area contributed by atoms with Gasteiger partial charge in [0.2, 0.25) is 16.0 Å². The number of amides is 3. The van der Waals surface area contributed by atoms with Crippen molar-refractivity contribution in [2.45, 2.75) is 26.2 Å². The average Bonchev–Trinajstić information content (AvgIpc) is 2.69. The summed E-state index contributed by atoms with van der Waals surface area (Å²) < 4.78 is 5.09. The number of unbranched alkanes of at least 4 members (excludes halogenated alkanes) is 1. The van der Waals surface area contributed by atoms with Gasteiger partial charge in [-0.3, -0.25) is 0 Å². The topological polar surface area (TPSA) is 70.7 Å². The Bertz CT molecular complexity index is 752. The molecule has 0 heterocycles. The second kappa shape index (κ2) is 10.3. The van der Waals surface area contributed by atoms with Gasteiger partial charge in [0.25, 0.3) is 0 Å². The van der Waals surface area contributed by atoms with E-state index in [1.54, 1.807) is 24.3 Å². The molecule has 0 aliphatic heterocycles. The van der Waals surface area contributed by atoms with Gasteiger partial charge in [-0.15, -0.1) is 0 Å². The highest BCUT2D eigenvalue weighted by Gasteiger charge is 2.11. The van der Waals surface area contributed by atoms with Gasteiger partial charge in [-0.25, -0.2) is 9.59 Å². The van der Waals surface area contributed by atoms with Gasteiger partial charge in [0.15, 0.2) is 0 Å². The molecule has 0 saturated heterocycles. The highest BCUT2D eigenvalue weighted by Crippen LogP contribution is 2.18. The number of benzene rings is 2. The molecule has 0 aliphatic carbocycles. The summed E-state index contributed by atoms with van der Waals surface area (Å²) in [5, 5.41) is 4.60. The number of carbonyl (C=O) groups is 2. The van der Waals surface area contributed by atoms with Crippen LogP contribution in [0.5, 0.6) is 0 Å². The van der Waals surface area contributed by atoms with Crippen molar-refractivity contribution in [2.75, 3.05) is 16.7 Å². The number of nitrogens with one attached hydrogen (secondary N) is 2. The molecule has 27 heavy (non-hydrogen) atoms. The summed E-state index contributed by atoms with van der Waals surface area (Å²) in [6, 6.07) is 14.3. The first-order valence-electron chi connectivity index (χ1n) is 8.70. The number of nitrogens with zero attached hydrogens (tertiary/aromatic N) is 1. The van der Waals surface area contributed by atoms with E-state index >= 15 is 0 Å². The highest BCUT2D eigenvalue weighted by molar-refractivity contribution is 6.29. The molecular weight excluding hydrogens is 340 g/mol. The minimum atomic E-state index is -0.569. The van der Waals surface area contributed by atoms with Crippen molar-refractivity contribution >= 4 is 39.5 Å². The Hall–Kier alpha value is -2.89. The lowest BCUT2D eigenvalue weighted by atomic mass is 10.0. The Morgan fingerprint density at radius 1 is 1.04 bits per heavy atom. The summed E-state index contributed by atoms with van der Waals surface area (Å²) >= 11 is 0. The first-order chi connectivity index (χ1) is 13.0. The molecule has 6 nitrogen and oxygen atoms in total. The largest absolute Gasteiger partial charge is 0.450 e. The molecule has 2 aromatic rings. The summed E-state index contributed by atoms with van der Waals surface area (Å²) in [6.45, 7) is 2.38. The molecule has 0 spiro atoms. The molecule has 0 aliphatic rings. The van der Waals surface area contributed by atoms with Crippen LogP contribution in [0.1, 0.15) is 30.9 Å². The predicted octanol–water partition coefficient (Wildman–Crippen LogP) is 3.31. The van der Waals surface area contributed by atoms with Crippen molar-refractivity contribution in [1.29, 1.82) is 0 Å². The van der Waals surface area contributed by atoms with E-state index in [1.165, 1.54) is 0 Å². The molecule has 8 heteroatoms. The fourth-order valence-corrected chi connectivity index (χ4v) is 2.36. The Labute approximate surface area is 162 Å². The zero-order valence-electron chi connectivity index (χ0n) is 15.3. The zero-order valence-corrected chi connectivity index (χ0v) is 15.3. The average molecular weight is 361 g/mol. The van der Waals surface area contributed by atoms with E-state index in [4.69, 9.17) is 20.7 Å². The van der Waals surface area contributed by atoms with Crippen molar-refractivity contribution in [3.05, 3.63) is 59.7 Å². The van der Waals surface area contributed by atoms with Crippen LogP contribution in [0.4, 0.5) is 21.0 Å². The van der Waals surface area contributed by atoms with Crippen LogP contribution in [0.25, 0.3) is 0 Å². The number of carbonyl (C=O) groups excluding carboxylic acids is 2. The van der Waals surface area contributed by atoms with Crippen molar-refractivity contribution in [1.82, 2.24) is 5.23 Å². The number of anilines is 2. The predicted molar refractivity (Wildman–Crippen MR) is 108 cm³/mol. The van der Waals surface area contributed by atoms with Gasteiger partial charge in [0.1, 0.15) is 0 Å². The molecule has 0 fully saturated rings. The molecule has 2 N–H and O–H groups in total. The van der Waals surface area contributed by atoms with Gasteiger partial charge in [0, 0.05) is 11.4 Å². The fraction of sp³-hybridized carbons (Fsp3) is 0.263. The lowest BCUT2D eigenvalue weighted by molar-refractivity contribution is 0.156. The smallest absolute Gasteiger partial charge is 0.400 e. The van der Waals surface area contributed by atoms with Crippen LogP contribution >= 0.6 is 0 Å². The summed E-state index contributed by atoms with van der Waals surface area (Å²) in [6.07, 6.45) is 1.89. The van der Waals surface area contributed by atoms with E-state index in [0.29, 0.717) is 24.4 Å². The van der Waals surface area contributed by atoms with Gasteiger partial charge >= 0.3 is 12.1 Å². The third-order valence-electron chi connectivity index (χ3n) is 3.89. The zero-order chi connectivity index (χ0) is 19.6. The van der Waals surface area contributed by atoms with Crippen LogP contribution in [0.2, 0.25) is 0 Å². The van der Waals surface area contributed by atoms with E-state index in [0.717, 1.165) is 28.8 Å². The number of ether oxygens (including phenoxy) is 1. The molecule has 4 radical (unpaired) electrons. The van der Waals surface area contributed by atoms with Gasteiger partial charge in [-0.1, -0.05) is 37.6 Å². The quantitative estimate of drug-likeness (QED) is 0.587. The molecule has 0 bridgehead atoms. The highest BCUT2D eigenvalue weighted by atomic mass is 16.5. The van der Waals surface area contributed by atoms with Crippen molar-refractivity contribution in [2.24, 2.45) is 0 Å². The monoisotopic (exact) mass is 361 g/mol. The molecule has 0 aromatic heterocycles. The van der Waals surface area contributed by atoms with E-state index < -0.39 is 12.1 Å². The fourth-order valence-electron chi connectivity index (χ4n) is 2.36. The molecule has 2 aromatic carbocycles. The molecule has 0 unspecified atom stereocenters. The van der Waals surface area contributed by atoms with Crippen LogP contribution in [0, 0.1) is 0 Å². The third kappa shape index (κ3) is 6.40. The maximum absolute atomic E-state index is 11.9. The van der Waals surface area contributed by atoms with Gasteiger partial charge in [-0.05, 0) is 48.2 Å². The van der Waals surface area contributed by atoms with E-state index in [9.17, 15) is 9.59 Å². The van der Waals surface area contributed by atoms with Crippen LogP contribution < -0.4 is 15.4 Å². The summed E-state index contributed by atoms with van der Waals surface area (Å²) in [7, 11) is 10.8. The Morgan fingerprint density at radius 3 is 2.19 bits per heavy atom. The summed E-state index contributed by atoms with van der Waals surface area (Å²) in [4.78, 5) is 24.0. The summed E-state index contributed by atoms with van der Waals surface area (Å²) in [5.74, 6) is 0. The minimum absolute atomic E-state index is 0.360. The number of hydrogen-bond acceptors (Lipinski definition) is 3. The van der Waals surface area contributed by atoms with Gasteiger partial charge in [-0.2, -0.15) is 0 Å². The summed E-state index contributed by atoms with van der Waals surface area (Å²) in [5.41, 5.74) is 3.35. The van der Waals surface area contributed by atoms with Crippen molar-refractivity contribution in [3.8, 4) is 0 Å². The molecule has 0 atom stereocenters. The van der Waals surface area contributed by atoms with Crippen LogP contribution in [-0.2, 0) is 11.2 Å². The molecular formula is C19H21B2N3O3. The maximum Gasteiger partial charge on any atom is 0.400 e. The first kappa shape index (κ1) is 20.4. The van der Waals surface area contributed by atoms with E-state index in [-0.39, 0.29) is 0 Å². The molecule has 136 valence electrons. The third-order valence-corrected chi connectivity index (χ3v) is 3.89. The maximum atomic E-state index is 11.9. The van der Waals surface area contributed by atoms with Crippen LogP contribution in [0.3, 0.4) is 0 Å². The van der Waals surface area contributed by atoms with Crippen LogP contribution in [-0.4, -0.2) is 34.7 Å². The normalized spacial score (nSPS) is 10.1.